The molecule has 2 heterocycles. The van der Waals surface area contributed by atoms with Gasteiger partial charge in [-0.1, -0.05) is 91.9 Å². The zero-order valence-corrected chi connectivity index (χ0v) is 24.8. The highest BCUT2D eigenvalue weighted by Gasteiger charge is 2.42. The van der Waals surface area contributed by atoms with Crippen LogP contribution in [-0.2, 0) is 22.0 Å². The summed E-state index contributed by atoms with van der Waals surface area (Å²) in [6, 6.07) is 26.8. The van der Waals surface area contributed by atoms with E-state index in [1.165, 1.54) is 4.90 Å². The van der Waals surface area contributed by atoms with Gasteiger partial charge in [0.2, 0.25) is 10.0 Å². The molecule has 3 aromatic carbocycles. The summed E-state index contributed by atoms with van der Waals surface area (Å²) in [5.41, 5.74) is 2.20. The number of carboxylic acid groups (broad SMARTS) is 1. The van der Waals surface area contributed by atoms with Gasteiger partial charge in [0.1, 0.15) is 11.1 Å². The minimum absolute atomic E-state index is 0.276. The first-order valence-electron chi connectivity index (χ1n) is 14.6. The average Bonchev–Trinajstić information content (AvgIpc) is 3.00. The molecule has 2 aliphatic heterocycles. The van der Waals surface area contributed by atoms with E-state index in [-0.39, 0.29) is 4.90 Å². The predicted molar refractivity (Wildman–Crippen MR) is 166 cm³/mol. The number of nitrogens with zero attached hydrogens (tertiary/aromatic N) is 2. The molecule has 0 spiro atoms. The largest absolute Gasteiger partial charge is 0.465 e. The smallest absolute Gasteiger partial charge is 0.407 e. The lowest BCUT2D eigenvalue weighted by Gasteiger charge is -2.43. The zero-order chi connectivity index (χ0) is 29.6. The lowest BCUT2D eigenvalue weighted by atomic mass is 9.76. The fraction of sp³-hybridized carbons (Fsp3) is 0.364. The van der Waals surface area contributed by atoms with Crippen LogP contribution in [0.1, 0.15) is 37.3 Å². The Kier molecular flexibility index (Phi) is 9.30. The van der Waals surface area contributed by atoms with Crippen molar-refractivity contribution in [2.75, 3.05) is 31.5 Å². The molecular formula is C33H40N4O4S. The maximum absolute atomic E-state index is 13.2. The quantitative estimate of drug-likeness (QED) is 0.270. The van der Waals surface area contributed by atoms with Gasteiger partial charge in [0.05, 0.1) is 5.69 Å². The SMILES string of the molecule is CC(CCN1CCC(C=CCN(Cc2ccccc2)C(=O)O)CC1)(c1ccccc1)C1Nc2ccccc2S(=O)(=O)N1. The van der Waals surface area contributed by atoms with Crippen LogP contribution in [0.2, 0.25) is 0 Å². The summed E-state index contributed by atoms with van der Waals surface area (Å²) in [7, 11) is -3.65. The number of sulfonamides is 1. The Morgan fingerprint density at radius 3 is 2.33 bits per heavy atom. The van der Waals surface area contributed by atoms with Crippen LogP contribution in [0.25, 0.3) is 0 Å². The second-order valence-electron chi connectivity index (χ2n) is 11.5. The first-order valence-corrected chi connectivity index (χ1v) is 16.1. The molecule has 3 N–H and O–H groups in total. The Morgan fingerprint density at radius 2 is 1.64 bits per heavy atom. The minimum Gasteiger partial charge on any atom is -0.465 e. The van der Waals surface area contributed by atoms with E-state index >= 15 is 0 Å². The molecule has 0 aliphatic carbocycles. The first-order chi connectivity index (χ1) is 20.2. The Bertz CT molecular complexity index is 1470. The Hall–Kier alpha value is -3.66. The normalized spacial score (nSPS) is 20.4. The molecule has 42 heavy (non-hydrogen) atoms. The van der Waals surface area contributed by atoms with Gasteiger partial charge in [-0.2, -0.15) is 4.72 Å². The highest BCUT2D eigenvalue weighted by Crippen LogP contribution is 2.37. The van der Waals surface area contributed by atoms with Crippen molar-refractivity contribution in [3.8, 4) is 0 Å². The van der Waals surface area contributed by atoms with Gasteiger partial charge >= 0.3 is 6.09 Å². The molecular weight excluding hydrogens is 548 g/mol. The van der Waals surface area contributed by atoms with Crippen LogP contribution in [0.4, 0.5) is 10.5 Å². The third-order valence-corrected chi connectivity index (χ3v) is 10.1. The number of benzene rings is 3. The molecule has 9 heteroatoms. The van der Waals surface area contributed by atoms with Gasteiger partial charge in [-0.05, 0) is 68.1 Å². The fourth-order valence-corrected chi connectivity index (χ4v) is 7.37. The van der Waals surface area contributed by atoms with Crippen LogP contribution >= 0.6 is 0 Å². The number of likely N-dealkylation sites (tertiary alicyclic amines) is 1. The van der Waals surface area contributed by atoms with Gasteiger partial charge in [0.15, 0.2) is 0 Å². The topological polar surface area (TPSA) is 102 Å². The number of hydrogen-bond donors (Lipinski definition) is 3. The lowest BCUT2D eigenvalue weighted by molar-refractivity contribution is 0.147. The standard InChI is InChI=1S/C33H40N4O4S/c1-33(28-14-6-3-7-15-28,31-34-29-16-8-9-17-30(29)42(40,41)35-31)20-24-36-22-18-26(19-23-36)13-10-21-37(32(38)39)25-27-11-4-2-5-12-27/h2-17,26,31,34-35H,18-25H2,1H3,(H,38,39). The van der Waals surface area contributed by atoms with Crippen LogP contribution in [0.15, 0.2) is 102 Å². The van der Waals surface area contributed by atoms with Gasteiger partial charge in [-0.15, -0.1) is 0 Å². The monoisotopic (exact) mass is 588 g/mol. The third kappa shape index (κ3) is 7.03. The van der Waals surface area contributed by atoms with Crippen LogP contribution < -0.4 is 10.0 Å². The number of rotatable bonds is 10. The van der Waals surface area contributed by atoms with Crippen molar-refractivity contribution >= 4 is 21.8 Å². The van der Waals surface area contributed by atoms with Gasteiger partial charge < -0.3 is 20.2 Å². The maximum Gasteiger partial charge on any atom is 0.407 e. The van der Waals surface area contributed by atoms with Crippen LogP contribution in [0.3, 0.4) is 0 Å². The Labute approximate surface area is 249 Å². The van der Waals surface area contributed by atoms with Gasteiger partial charge in [0, 0.05) is 18.5 Å². The molecule has 222 valence electrons. The highest BCUT2D eigenvalue weighted by atomic mass is 32.2. The zero-order valence-electron chi connectivity index (χ0n) is 24.0. The number of piperidine rings is 1. The van der Waals surface area contributed by atoms with Crippen LogP contribution in [0.5, 0.6) is 0 Å². The molecule has 0 radical (unpaired) electrons. The number of anilines is 1. The summed E-state index contributed by atoms with van der Waals surface area (Å²) < 4.78 is 29.2. The van der Waals surface area contributed by atoms with E-state index in [4.69, 9.17) is 0 Å². The predicted octanol–water partition coefficient (Wildman–Crippen LogP) is 5.51. The van der Waals surface area contributed by atoms with Crippen molar-refractivity contribution in [2.45, 2.75) is 49.2 Å². The number of carbonyl (C=O) groups is 1. The molecule has 1 saturated heterocycles. The van der Waals surface area contributed by atoms with E-state index in [9.17, 15) is 18.3 Å². The molecule has 0 aromatic heterocycles. The second kappa shape index (κ2) is 13.1. The number of fused-ring (bicyclic) bond motifs is 1. The molecule has 8 nitrogen and oxygen atoms in total. The molecule has 0 saturated carbocycles. The summed E-state index contributed by atoms with van der Waals surface area (Å²) in [6.45, 7) is 5.60. The highest BCUT2D eigenvalue weighted by molar-refractivity contribution is 7.89. The van der Waals surface area contributed by atoms with E-state index in [0.717, 1.165) is 50.0 Å². The van der Waals surface area contributed by atoms with Crippen molar-refractivity contribution in [1.29, 1.82) is 0 Å². The maximum atomic E-state index is 13.2. The van der Waals surface area contributed by atoms with Gasteiger partial charge in [0.25, 0.3) is 0 Å². The summed E-state index contributed by atoms with van der Waals surface area (Å²) in [5.74, 6) is 0.414. The number of nitrogens with one attached hydrogen (secondary N) is 2. The van der Waals surface area contributed by atoms with Gasteiger partial charge in [-0.25, -0.2) is 13.2 Å². The third-order valence-electron chi connectivity index (χ3n) is 8.62. The number of para-hydroxylation sites is 1. The van der Waals surface area contributed by atoms with E-state index in [2.05, 4.69) is 40.1 Å². The van der Waals surface area contributed by atoms with E-state index in [1.54, 1.807) is 12.1 Å². The van der Waals surface area contributed by atoms with Crippen molar-refractivity contribution in [2.24, 2.45) is 5.92 Å². The Balaban J connectivity index is 1.19. The summed E-state index contributed by atoms with van der Waals surface area (Å²) in [5, 5.41) is 13.1. The molecule has 2 atom stereocenters. The number of hydrogen-bond acceptors (Lipinski definition) is 5. The number of allylic oxidation sites excluding steroid dienone is 1. The Morgan fingerprint density at radius 1 is 1.00 bits per heavy atom. The minimum atomic E-state index is -3.65. The fourth-order valence-electron chi connectivity index (χ4n) is 5.94. The van der Waals surface area contributed by atoms with Gasteiger partial charge in [-0.3, -0.25) is 0 Å². The van der Waals surface area contributed by atoms with E-state index in [1.807, 2.05) is 66.7 Å². The van der Waals surface area contributed by atoms with Crippen molar-refractivity contribution in [3.05, 3.63) is 108 Å². The van der Waals surface area contributed by atoms with Crippen LogP contribution in [0, 0.1) is 5.92 Å². The molecule has 3 aromatic rings. The summed E-state index contributed by atoms with van der Waals surface area (Å²) >= 11 is 0. The van der Waals surface area contributed by atoms with E-state index in [0.29, 0.717) is 24.7 Å². The van der Waals surface area contributed by atoms with Crippen molar-refractivity contribution in [3.63, 3.8) is 0 Å². The molecule has 1 amide bonds. The lowest BCUT2D eigenvalue weighted by Crippen LogP contribution is -2.57. The summed E-state index contributed by atoms with van der Waals surface area (Å²) in [4.78, 5) is 15.9. The molecule has 2 aliphatic rings. The van der Waals surface area contributed by atoms with Crippen molar-refractivity contribution < 1.29 is 18.3 Å². The average molecular weight is 589 g/mol. The number of amides is 1. The molecule has 0 bridgehead atoms. The summed E-state index contributed by atoms with van der Waals surface area (Å²) in [6.07, 6.45) is 5.53. The molecule has 1 fully saturated rings. The van der Waals surface area contributed by atoms with Crippen molar-refractivity contribution in [1.82, 2.24) is 14.5 Å². The first kappa shape index (κ1) is 29.8. The second-order valence-corrected chi connectivity index (χ2v) is 13.2. The van der Waals surface area contributed by atoms with Crippen LogP contribution in [-0.4, -0.2) is 61.8 Å². The van der Waals surface area contributed by atoms with E-state index < -0.39 is 27.7 Å². The molecule has 5 rings (SSSR count). The molecule has 2 unspecified atom stereocenters.